The summed E-state index contributed by atoms with van der Waals surface area (Å²) in [6, 6.07) is 11.6. The lowest BCUT2D eigenvalue weighted by Gasteiger charge is -2.37. The molecule has 9 heteroatoms. The van der Waals surface area contributed by atoms with Crippen molar-refractivity contribution in [1.82, 2.24) is 10.6 Å². The van der Waals surface area contributed by atoms with Crippen molar-refractivity contribution in [3.05, 3.63) is 59.4 Å². The Hall–Kier alpha value is -3.17. The number of benzene rings is 2. The van der Waals surface area contributed by atoms with E-state index in [1.54, 1.807) is 18.2 Å². The van der Waals surface area contributed by atoms with Gasteiger partial charge in [-0.1, -0.05) is 25.0 Å². The van der Waals surface area contributed by atoms with Gasteiger partial charge in [-0.25, -0.2) is 9.18 Å². The first-order valence-electron chi connectivity index (χ1n) is 12.6. The SMILES string of the molecule is O=C(C[C@@H]1C[C@H]2c3cc(NC(=O)NC4CCCC4)ccc3O[C@H]2[C@H](CO)O1)NCc1cccc(F)c1. The van der Waals surface area contributed by atoms with E-state index in [-0.39, 0.29) is 55.4 Å². The lowest BCUT2D eigenvalue weighted by Crippen LogP contribution is -2.47. The van der Waals surface area contributed by atoms with E-state index in [1.807, 2.05) is 12.1 Å². The molecular weight excluding hydrogens is 465 g/mol. The fraction of sp³-hybridized carbons (Fsp3) is 0.481. The van der Waals surface area contributed by atoms with E-state index in [2.05, 4.69) is 16.0 Å². The minimum Gasteiger partial charge on any atom is -0.487 e. The van der Waals surface area contributed by atoms with Crippen molar-refractivity contribution in [2.75, 3.05) is 11.9 Å². The van der Waals surface area contributed by atoms with Gasteiger partial charge in [0.2, 0.25) is 5.91 Å². The number of aliphatic hydroxyl groups excluding tert-OH is 1. The molecule has 1 saturated heterocycles. The zero-order chi connectivity index (χ0) is 25.1. The van der Waals surface area contributed by atoms with Crippen LogP contribution in [0.4, 0.5) is 14.9 Å². The second-order valence-corrected chi connectivity index (χ2v) is 9.85. The van der Waals surface area contributed by atoms with Gasteiger partial charge in [-0.2, -0.15) is 0 Å². The maximum absolute atomic E-state index is 13.4. The number of halogens is 1. The molecule has 2 aromatic rings. The highest BCUT2D eigenvalue weighted by molar-refractivity contribution is 5.89. The van der Waals surface area contributed by atoms with E-state index in [1.165, 1.54) is 12.1 Å². The molecule has 4 N–H and O–H groups in total. The van der Waals surface area contributed by atoms with Crippen molar-refractivity contribution in [3.63, 3.8) is 0 Å². The lowest BCUT2D eigenvalue weighted by molar-refractivity contribution is -0.142. The average Bonchev–Trinajstić information content (AvgIpc) is 3.50. The zero-order valence-electron chi connectivity index (χ0n) is 20.0. The van der Waals surface area contributed by atoms with E-state index in [4.69, 9.17) is 9.47 Å². The van der Waals surface area contributed by atoms with Crippen LogP contribution in [0.5, 0.6) is 5.75 Å². The van der Waals surface area contributed by atoms with Gasteiger partial charge < -0.3 is 30.5 Å². The minimum atomic E-state index is -0.570. The number of hydrogen-bond donors (Lipinski definition) is 4. The van der Waals surface area contributed by atoms with Crippen LogP contribution in [0.25, 0.3) is 0 Å². The summed E-state index contributed by atoms with van der Waals surface area (Å²) in [4.78, 5) is 25.0. The number of anilines is 1. The molecule has 4 atom stereocenters. The quantitative estimate of drug-likeness (QED) is 0.468. The van der Waals surface area contributed by atoms with Gasteiger partial charge >= 0.3 is 6.03 Å². The molecule has 0 bridgehead atoms. The van der Waals surface area contributed by atoms with Crippen LogP contribution >= 0.6 is 0 Å². The number of hydrogen-bond acceptors (Lipinski definition) is 5. The van der Waals surface area contributed by atoms with Crippen LogP contribution in [0, 0.1) is 5.82 Å². The van der Waals surface area contributed by atoms with Crippen molar-refractivity contribution in [1.29, 1.82) is 0 Å². The number of ether oxygens (including phenoxy) is 2. The van der Waals surface area contributed by atoms with Crippen LogP contribution in [-0.4, -0.2) is 48.0 Å². The first-order valence-corrected chi connectivity index (χ1v) is 12.6. The van der Waals surface area contributed by atoms with Gasteiger partial charge in [0.1, 0.15) is 23.8 Å². The number of urea groups is 1. The molecule has 3 amide bonds. The molecule has 2 aliphatic heterocycles. The summed E-state index contributed by atoms with van der Waals surface area (Å²) in [5, 5.41) is 18.7. The second-order valence-electron chi connectivity index (χ2n) is 9.85. The molecule has 1 saturated carbocycles. The first-order chi connectivity index (χ1) is 17.5. The number of nitrogens with one attached hydrogen (secondary N) is 3. The van der Waals surface area contributed by atoms with Gasteiger partial charge in [-0.15, -0.1) is 0 Å². The Labute approximate surface area is 209 Å². The number of carbonyl (C=O) groups excluding carboxylic acids is 2. The molecule has 5 rings (SSSR count). The van der Waals surface area contributed by atoms with Gasteiger partial charge in [0.25, 0.3) is 0 Å². The maximum Gasteiger partial charge on any atom is 0.319 e. The molecule has 3 aliphatic rings. The van der Waals surface area contributed by atoms with Crippen molar-refractivity contribution in [3.8, 4) is 5.75 Å². The number of aliphatic hydroxyl groups is 1. The van der Waals surface area contributed by atoms with Crippen molar-refractivity contribution in [2.24, 2.45) is 0 Å². The van der Waals surface area contributed by atoms with Gasteiger partial charge in [0, 0.05) is 29.8 Å². The summed E-state index contributed by atoms with van der Waals surface area (Å²) in [7, 11) is 0. The molecule has 8 nitrogen and oxygen atoms in total. The lowest BCUT2D eigenvalue weighted by atomic mass is 9.84. The van der Waals surface area contributed by atoms with Gasteiger partial charge in [0.15, 0.2) is 0 Å². The molecule has 2 heterocycles. The van der Waals surface area contributed by atoms with Crippen LogP contribution in [0.1, 0.15) is 55.6 Å². The largest absolute Gasteiger partial charge is 0.487 e. The predicted molar refractivity (Wildman–Crippen MR) is 131 cm³/mol. The maximum atomic E-state index is 13.4. The Kier molecular flexibility index (Phi) is 7.38. The van der Waals surface area contributed by atoms with Gasteiger partial charge in [0.05, 0.1) is 19.1 Å². The fourth-order valence-corrected chi connectivity index (χ4v) is 5.52. The highest BCUT2D eigenvalue weighted by Crippen LogP contribution is 2.47. The Balaban J connectivity index is 1.22. The Morgan fingerprint density at radius 2 is 1.94 bits per heavy atom. The third-order valence-corrected chi connectivity index (χ3v) is 7.24. The van der Waals surface area contributed by atoms with E-state index in [9.17, 15) is 19.1 Å². The summed E-state index contributed by atoms with van der Waals surface area (Å²) in [6.45, 7) is -0.00579. The van der Waals surface area contributed by atoms with E-state index in [0.29, 0.717) is 23.4 Å². The average molecular weight is 498 g/mol. The third-order valence-electron chi connectivity index (χ3n) is 7.24. The molecule has 0 unspecified atom stereocenters. The van der Waals surface area contributed by atoms with Crippen LogP contribution in [-0.2, 0) is 16.1 Å². The predicted octanol–water partition coefficient (Wildman–Crippen LogP) is 3.59. The zero-order valence-corrected chi connectivity index (χ0v) is 20.0. The highest BCUT2D eigenvalue weighted by atomic mass is 19.1. The van der Waals surface area contributed by atoms with Crippen LogP contribution < -0.4 is 20.7 Å². The minimum absolute atomic E-state index is 0.0773. The van der Waals surface area contributed by atoms with Crippen LogP contribution in [0.15, 0.2) is 42.5 Å². The summed E-state index contributed by atoms with van der Waals surface area (Å²) in [6.07, 6.45) is 3.62. The molecule has 192 valence electrons. The summed E-state index contributed by atoms with van der Waals surface area (Å²) in [5.74, 6) is 0.0630. The van der Waals surface area contributed by atoms with Crippen molar-refractivity contribution in [2.45, 2.75) is 75.3 Å². The molecule has 0 spiro atoms. The number of amides is 3. The van der Waals surface area contributed by atoms with Crippen molar-refractivity contribution < 1.29 is 28.6 Å². The summed E-state index contributed by atoms with van der Waals surface area (Å²) >= 11 is 0. The molecule has 1 aliphatic carbocycles. The molecule has 0 aromatic heterocycles. The van der Waals surface area contributed by atoms with Gasteiger partial charge in [-0.3, -0.25) is 4.79 Å². The van der Waals surface area contributed by atoms with E-state index in [0.717, 1.165) is 31.2 Å². The molecule has 2 fully saturated rings. The monoisotopic (exact) mass is 497 g/mol. The standard InChI is InChI=1S/C27H32FN3O5/c28-17-5-3-4-16(10-17)14-29-25(33)13-20-12-22-21-11-19(31-27(34)30-18-6-1-2-7-18)8-9-23(21)36-26(22)24(15-32)35-20/h3-5,8-11,18,20,22,24,26,32H,1-2,6-7,12-15H2,(H,29,33)(H2,30,31,34)/t20-,22-,24-,26+/m0/s1. The first kappa shape index (κ1) is 24.5. The Morgan fingerprint density at radius 1 is 1.11 bits per heavy atom. The van der Waals surface area contributed by atoms with Crippen LogP contribution in [0.3, 0.4) is 0 Å². The van der Waals surface area contributed by atoms with E-state index >= 15 is 0 Å². The highest BCUT2D eigenvalue weighted by Gasteiger charge is 2.46. The topological polar surface area (TPSA) is 109 Å². The normalized spacial score (nSPS) is 24.9. The summed E-state index contributed by atoms with van der Waals surface area (Å²) in [5.41, 5.74) is 2.28. The summed E-state index contributed by atoms with van der Waals surface area (Å²) < 4.78 is 25.5. The number of rotatable bonds is 7. The second kappa shape index (κ2) is 10.8. The Morgan fingerprint density at radius 3 is 2.72 bits per heavy atom. The molecule has 0 radical (unpaired) electrons. The number of carbonyl (C=O) groups is 2. The van der Waals surface area contributed by atoms with Gasteiger partial charge in [-0.05, 0) is 55.2 Å². The Bertz CT molecular complexity index is 1110. The molecule has 36 heavy (non-hydrogen) atoms. The smallest absolute Gasteiger partial charge is 0.319 e. The molecule has 2 aromatic carbocycles. The van der Waals surface area contributed by atoms with Crippen molar-refractivity contribution >= 4 is 17.6 Å². The van der Waals surface area contributed by atoms with E-state index < -0.39 is 12.2 Å². The molecular formula is C27H32FN3O5. The third kappa shape index (κ3) is 5.63. The van der Waals surface area contributed by atoms with Crippen LogP contribution in [0.2, 0.25) is 0 Å². The number of fused-ring (bicyclic) bond motifs is 3. The fourth-order valence-electron chi connectivity index (χ4n) is 5.52.